The molecule has 2 rings (SSSR count). The molecule has 1 N–H and O–H groups in total. The maximum Gasteiger partial charge on any atom is 0.273 e. The first kappa shape index (κ1) is 17.5. The Morgan fingerprint density at radius 3 is 2.62 bits per heavy atom. The summed E-state index contributed by atoms with van der Waals surface area (Å²) in [4.78, 5) is 22.2. The second kappa shape index (κ2) is 7.59. The van der Waals surface area contributed by atoms with Gasteiger partial charge in [-0.25, -0.2) is 0 Å². The van der Waals surface area contributed by atoms with Crippen molar-refractivity contribution in [1.82, 2.24) is 5.32 Å². The molecule has 1 amide bonds. The number of hydrogen-bond acceptors (Lipinski definition) is 4. The van der Waals surface area contributed by atoms with Crippen molar-refractivity contribution in [2.45, 2.75) is 26.8 Å². The highest BCUT2D eigenvalue weighted by molar-refractivity contribution is 5.78. The minimum absolute atomic E-state index is 0.0728. The van der Waals surface area contributed by atoms with Crippen molar-refractivity contribution < 1.29 is 14.5 Å². The molecule has 0 aliphatic heterocycles. The van der Waals surface area contributed by atoms with E-state index < -0.39 is 4.92 Å². The Labute approximate surface area is 140 Å². The average molecular weight is 328 g/mol. The normalized spacial score (nSPS) is 11.6. The number of carbonyl (C=O) groups excluding carboxylic acids is 1. The molecular weight excluding hydrogens is 308 g/mol. The smallest absolute Gasteiger partial charge is 0.273 e. The number of aryl methyl sites for hydroxylation is 2. The minimum Gasteiger partial charge on any atom is -0.484 e. The fraction of sp³-hybridized carbons (Fsp3) is 0.278. The van der Waals surface area contributed by atoms with Gasteiger partial charge in [0.25, 0.3) is 11.6 Å². The van der Waals surface area contributed by atoms with Crippen LogP contribution in [-0.4, -0.2) is 17.4 Å². The van der Waals surface area contributed by atoms with Crippen molar-refractivity contribution in [1.29, 1.82) is 0 Å². The van der Waals surface area contributed by atoms with E-state index in [9.17, 15) is 14.9 Å². The van der Waals surface area contributed by atoms with Crippen LogP contribution in [0.25, 0.3) is 0 Å². The summed E-state index contributed by atoms with van der Waals surface area (Å²) < 4.78 is 5.32. The molecule has 0 aliphatic rings. The van der Waals surface area contributed by atoms with E-state index in [4.69, 9.17) is 4.74 Å². The molecule has 6 nitrogen and oxygen atoms in total. The number of rotatable bonds is 6. The first-order valence-electron chi connectivity index (χ1n) is 7.60. The third-order valence-corrected chi connectivity index (χ3v) is 3.81. The number of benzene rings is 2. The molecule has 2 aromatic carbocycles. The summed E-state index contributed by atoms with van der Waals surface area (Å²) in [6.07, 6.45) is 0. The van der Waals surface area contributed by atoms with E-state index in [1.807, 2.05) is 39.0 Å². The lowest BCUT2D eigenvalue weighted by atomic mass is 10.0. The van der Waals surface area contributed by atoms with Crippen LogP contribution in [0.4, 0.5) is 5.69 Å². The Morgan fingerprint density at radius 1 is 1.21 bits per heavy atom. The highest BCUT2D eigenvalue weighted by Crippen LogP contribution is 2.19. The van der Waals surface area contributed by atoms with Crippen molar-refractivity contribution in [2.24, 2.45) is 0 Å². The molecule has 0 aromatic heterocycles. The molecule has 1 atom stereocenters. The quantitative estimate of drug-likeness (QED) is 0.650. The predicted octanol–water partition coefficient (Wildman–Crippen LogP) is 3.47. The zero-order valence-corrected chi connectivity index (χ0v) is 13.9. The maximum atomic E-state index is 12.0. The van der Waals surface area contributed by atoms with Crippen LogP contribution in [0, 0.1) is 24.0 Å². The lowest BCUT2D eigenvalue weighted by molar-refractivity contribution is -0.384. The molecule has 0 unspecified atom stereocenters. The fourth-order valence-corrected chi connectivity index (χ4v) is 2.24. The standard InChI is InChI=1S/C18H20N2O4/c1-12-7-8-15(9-13(12)2)14(3)19-18(21)11-24-17-6-4-5-16(10-17)20(22)23/h4-10,14H,11H2,1-3H3,(H,19,21)/t14-/m0/s1. The lowest BCUT2D eigenvalue weighted by Crippen LogP contribution is -2.31. The van der Waals surface area contributed by atoms with Crippen LogP contribution in [0.5, 0.6) is 5.75 Å². The third kappa shape index (κ3) is 4.55. The van der Waals surface area contributed by atoms with Gasteiger partial charge in [0.15, 0.2) is 6.61 Å². The summed E-state index contributed by atoms with van der Waals surface area (Å²) in [5.41, 5.74) is 3.31. The molecular formula is C18H20N2O4. The molecule has 0 radical (unpaired) electrons. The molecule has 0 saturated carbocycles. The summed E-state index contributed by atoms with van der Waals surface area (Å²) in [5, 5.41) is 13.6. The van der Waals surface area contributed by atoms with Crippen LogP contribution in [-0.2, 0) is 4.79 Å². The van der Waals surface area contributed by atoms with Gasteiger partial charge in [-0.2, -0.15) is 0 Å². The topological polar surface area (TPSA) is 81.5 Å². The SMILES string of the molecule is Cc1ccc([C@H](C)NC(=O)COc2cccc([N+](=O)[O-])c2)cc1C. The number of nitrogens with zero attached hydrogens (tertiary/aromatic N) is 1. The van der Waals surface area contributed by atoms with Crippen LogP contribution in [0.3, 0.4) is 0 Å². The number of nitro groups is 1. The number of carbonyl (C=O) groups is 1. The van der Waals surface area contributed by atoms with Crippen molar-refractivity contribution in [3.63, 3.8) is 0 Å². The molecule has 0 heterocycles. The first-order chi connectivity index (χ1) is 11.4. The second-order valence-corrected chi connectivity index (χ2v) is 5.68. The average Bonchev–Trinajstić information content (AvgIpc) is 2.55. The van der Waals surface area contributed by atoms with Crippen molar-refractivity contribution >= 4 is 11.6 Å². The summed E-state index contributed by atoms with van der Waals surface area (Å²) in [5.74, 6) is 0.00502. The molecule has 24 heavy (non-hydrogen) atoms. The van der Waals surface area contributed by atoms with E-state index in [0.29, 0.717) is 0 Å². The Bertz CT molecular complexity index is 758. The van der Waals surface area contributed by atoms with Gasteiger partial charge >= 0.3 is 0 Å². The summed E-state index contributed by atoms with van der Waals surface area (Å²) in [6, 6.07) is 11.7. The van der Waals surface area contributed by atoms with Crippen LogP contribution < -0.4 is 10.1 Å². The van der Waals surface area contributed by atoms with E-state index in [1.165, 1.54) is 29.3 Å². The van der Waals surface area contributed by atoms with Gasteiger partial charge in [-0.1, -0.05) is 24.3 Å². The fourth-order valence-electron chi connectivity index (χ4n) is 2.24. The minimum atomic E-state index is -0.505. The monoisotopic (exact) mass is 328 g/mol. The van der Waals surface area contributed by atoms with Gasteiger partial charge in [-0.3, -0.25) is 14.9 Å². The van der Waals surface area contributed by atoms with Crippen molar-refractivity contribution in [3.05, 3.63) is 69.3 Å². The van der Waals surface area contributed by atoms with Gasteiger partial charge in [-0.05, 0) is 43.5 Å². The summed E-state index contributed by atoms with van der Waals surface area (Å²) >= 11 is 0. The number of amides is 1. The van der Waals surface area contributed by atoms with E-state index >= 15 is 0 Å². The van der Waals surface area contributed by atoms with Gasteiger partial charge in [0.1, 0.15) is 5.75 Å². The Hall–Kier alpha value is -2.89. The largest absolute Gasteiger partial charge is 0.484 e. The van der Waals surface area contributed by atoms with Gasteiger partial charge < -0.3 is 10.1 Å². The molecule has 0 saturated heterocycles. The highest BCUT2D eigenvalue weighted by Gasteiger charge is 2.12. The Balaban J connectivity index is 1.92. The zero-order valence-electron chi connectivity index (χ0n) is 13.9. The predicted molar refractivity (Wildman–Crippen MR) is 91.1 cm³/mol. The number of nitro benzene ring substituents is 1. The van der Waals surface area contributed by atoms with Crippen molar-refractivity contribution in [2.75, 3.05) is 6.61 Å². The Kier molecular flexibility index (Phi) is 5.52. The van der Waals surface area contributed by atoms with Gasteiger partial charge in [0, 0.05) is 6.07 Å². The lowest BCUT2D eigenvalue weighted by Gasteiger charge is -2.16. The molecule has 0 bridgehead atoms. The van der Waals surface area contributed by atoms with Crippen LogP contribution in [0.15, 0.2) is 42.5 Å². The molecule has 2 aromatic rings. The van der Waals surface area contributed by atoms with Gasteiger partial charge in [0.2, 0.25) is 0 Å². The summed E-state index contributed by atoms with van der Waals surface area (Å²) in [7, 11) is 0. The summed E-state index contributed by atoms with van der Waals surface area (Å²) in [6.45, 7) is 5.76. The molecule has 6 heteroatoms. The molecule has 126 valence electrons. The zero-order chi connectivity index (χ0) is 17.7. The molecule has 0 aliphatic carbocycles. The van der Waals surface area contributed by atoms with Gasteiger partial charge in [-0.15, -0.1) is 0 Å². The van der Waals surface area contributed by atoms with E-state index in [2.05, 4.69) is 5.32 Å². The maximum absolute atomic E-state index is 12.0. The van der Waals surface area contributed by atoms with Gasteiger partial charge in [0.05, 0.1) is 17.0 Å². The number of hydrogen-bond donors (Lipinski definition) is 1. The number of ether oxygens (including phenoxy) is 1. The Morgan fingerprint density at radius 2 is 1.96 bits per heavy atom. The van der Waals surface area contributed by atoms with Crippen molar-refractivity contribution in [3.8, 4) is 5.75 Å². The second-order valence-electron chi connectivity index (χ2n) is 5.68. The van der Waals surface area contributed by atoms with Crippen LogP contribution >= 0.6 is 0 Å². The van der Waals surface area contributed by atoms with Crippen LogP contribution in [0.2, 0.25) is 0 Å². The highest BCUT2D eigenvalue weighted by atomic mass is 16.6. The third-order valence-electron chi connectivity index (χ3n) is 3.81. The van der Waals surface area contributed by atoms with E-state index in [-0.39, 0.29) is 30.0 Å². The first-order valence-corrected chi connectivity index (χ1v) is 7.60. The van der Waals surface area contributed by atoms with E-state index in [1.54, 1.807) is 6.07 Å². The number of non-ortho nitro benzene ring substituents is 1. The molecule has 0 fully saturated rings. The van der Waals surface area contributed by atoms with E-state index in [0.717, 1.165) is 5.56 Å². The number of nitrogens with one attached hydrogen (secondary N) is 1. The molecule has 0 spiro atoms. The van der Waals surface area contributed by atoms with Crippen LogP contribution in [0.1, 0.15) is 29.7 Å².